The third-order valence-corrected chi connectivity index (χ3v) is 14.3. The van der Waals surface area contributed by atoms with E-state index < -0.39 is 6.10 Å². The molecule has 0 spiro atoms. The van der Waals surface area contributed by atoms with Crippen LogP contribution >= 0.6 is 0 Å². The molecule has 0 aliphatic heterocycles. The Morgan fingerprint density at radius 3 is 0.735 bits per heavy atom. The first-order valence-electron chi connectivity index (χ1n) is 34.3. The predicted octanol–water partition coefficient (Wildman–Crippen LogP) is 23.9. The van der Waals surface area contributed by atoms with Crippen LogP contribution in [0.25, 0.3) is 0 Å². The number of allylic oxidation sites excluding steroid dienone is 24. The van der Waals surface area contributed by atoms with Gasteiger partial charge in [-0.25, -0.2) is 0 Å². The zero-order valence-corrected chi connectivity index (χ0v) is 53.9. The smallest absolute Gasteiger partial charge is 0.306 e. The molecule has 0 aliphatic carbocycles. The summed E-state index contributed by atoms with van der Waals surface area (Å²) in [5, 5.41) is 0. The molecular weight excluding hydrogens is 1020 g/mol. The van der Waals surface area contributed by atoms with Gasteiger partial charge >= 0.3 is 17.9 Å². The monoisotopic (exact) mass is 1150 g/mol. The zero-order valence-electron chi connectivity index (χ0n) is 53.9. The van der Waals surface area contributed by atoms with E-state index in [4.69, 9.17) is 14.2 Å². The van der Waals surface area contributed by atoms with Crippen LogP contribution in [-0.4, -0.2) is 37.2 Å². The Balaban J connectivity index is 4.40. The van der Waals surface area contributed by atoms with Gasteiger partial charge in [0.15, 0.2) is 6.10 Å². The van der Waals surface area contributed by atoms with Crippen LogP contribution in [0.1, 0.15) is 303 Å². The highest BCUT2D eigenvalue weighted by atomic mass is 16.6. The van der Waals surface area contributed by atoms with Gasteiger partial charge in [0.2, 0.25) is 0 Å². The fourth-order valence-electron chi connectivity index (χ4n) is 9.17. The Morgan fingerprint density at radius 1 is 0.253 bits per heavy atom. The van der Waals surface area contributed by atoms with Gasteiger partial charge < -0.3 is 14.2 Å². The number of ether oxygens (including phenoxy) is 3. The van der Waals surface area contributed by atoms with E-state index in [9.17, 15) is 14.4 Å². The van der Waals surface area contributed by atoms with Crippen LogP contribution in [0.15, 0.2) is 146 Å². The van der Waals surface area contributed by atoms with E-state index in [1.165, 1.54) is 116 Å². The molecule has 0 aromatic carbocycles. The maximum absolute atomic E-state index is 12.9. The molecule has 0 fully saturated rings. The van der Waals surface area contributed by atoms with Crippen molar-refractivity contribution in [3.63, 3.8) is 0 Å². The molecule has 83 heavy (non-hydrogen) atoms. The maximum Gasteiger partial charge on any atom is 0.306 e. The lowest BCUT2D eigenvalue weighted by atomic mass is 10.1. The maximum atomic E-state index is 12.9. The Morgan fingerprint density at radius 2 is 0.470 bits per heavy atom. The lowest BCUT2D eigenvalue weighted by molar-refractivity contribution is -0.167. The SMILES string of the molecule is CC/C=C\C/C=C\C/C=C\C/C=C\C/C=C\C/C=C\C/C=C\C/C=C\CCCCCCCCC(=O)OCC(COC(=O)CCCCCCCCC/C=C\C/C=C\CCCCC)OC(=O)CCCCCCCCC/C=C\C/C=C\CCCCC. The van der Waals surface area contributed by atoms with Crippen LogP contribution in [0, 0.1) is 0 Å². The second-order valence-electron chi connectivity index (χ2n) is 22.3. The average Bonchev–Trinajstić information content (AvgIpc) is 3.49. The van der Waals surface area contributed by atoms with Crippen LogP contribution in [-0.2, 0) is 28.6 Å². The van der Waals surface area contributed by atoms with Gasteiger partial charge in [-0.15, -0.1) is 0 Å². The van der Waals surface area contributed by atoms with Crippen molar-refractivity contribution in [1.82, 2.24) is 0 Å². The minimum absolute atomic E-state index is 0.0938. The summed E-state index contributed by atoms with van der Waals surface area (Å²) < 4.78 is 16.9. The molecule has 0 aliphatic rings. The highest BCUT2D eigenvalue weighted by molar-refractivity contribution is 5.71. The fraction of sp³-hybridized carbons (Fsp3) is 0.649. The molecule has 0 saturated heterocycles. The summed E-state index contributed by atoms with van der Waals surface area (Å²) in [5.41, 5.74) is 0. The number of carbonyl (C=O) groups is 3. The quantitative estimate of drug-likeness (QED) is 0.0261. The zero-order chi connectivity index (χ0) is 59.9. The van der Waals surface area contributed by atoms with Crippen LogP contribution in [0.5, 0.6) is 0 Å². The summed E-state index contributed by atoms with van der Waals surface area (Å²) in [6.45, 7) is 6.46. The first kappa shape index (κ1) is 78.3. The highest BCUT2D eigenvalue weighted by Gasteiger charge is 2.19. The lowest BCUT2D eigenvalue weighted by Gasteiger charge is -2.18. The second-order valence-corrected chi connectivity index (χ2v) is 22.3. The molecule has 0 bridgehead atoms. The van der Waals surface area contributed by atoms with E-state index in [1.807, 2.05) is 0 Å². The molecule has 6 heteroatoms. The molecule has 0 radical (unpaired) electrons. The van der Waals surface area contributed by atoms with Gasteiger partial charge in [0.25, 0.3) is 0 Å². The van der Waals surface area contributed by atoms with Crippen molar-refractivity contribution < 1.29 is 28.6 Å². The molecule has 1 unspecified atom stereocenters. The predicted molar refractivity (Wildman–Crippen MR) is 362 cm³/mol. The van der Waals surface area contributed by atoms with Crippen molar-refractivity contribution in [3.05, 3.63) is 146 Å². The minimum Gasteiger partial charge on any atom is -0.462 e. The van der Waals surface area contributed by atoms with E-state index >= 15 is 0 Å². The summed E-state index contributed by atoms with van der Waals surface area (Å²) >= 11 is 0. The van der Waals surface area contributed by atoms with Crippen LogP contribution in [0.3, 0.4) is 0 Å². The van der Waals surface area contributed by atoms with Crippen LogP contribution in [0.4, 0.5) is 0 Å². The molecule has 0 rings (SSSR count). The fourth-order valence-corrected chi connectivity index (χ4v) is 9.17. The van der Waals surface area contributed by atoms with Crippen LogP contribution < -0.4 is 0 Å². The van der Waals surface area contributed by atoms with Gasteiger partial charge in [0, 0.05) is 19.3 Å². The highest BCUT2D eigenvalue weighted by Crippen LogP contribution is 2.15. The molecule has 1 atom stereocenters. The van der Waals surface area contributed by atoms with Gasteiger partial charge in [-0.1, -0.05) is 282 Å². The average molecular weight is 1150 g/mol. The third kappa shape index (κ3) is 68.0. The van der Waals surface area contributed by atoms with E-state index in [1.54, 1.807) is 0 Å². The molecule has 0 amide bonds. The molecule has 0 aromatic heterocycles. The lowest BCUT2D eigenvalue weighted by Crippen LogP contribution is -2.30. The van der Waals surface area contributed by atoms with Crippen molar-refractivity contribution in [3.8, 4) is 0 Å². The third-order valence-electron chi connectivity index (χ3n) is 14.3. The minimum atomic E-state index is -0.799. The number of esters is 3. The summed E-state index contributed by atoms with van der Waals surface area (Å²) in [5.74, 6) is -0.920. The van der Waals surface area contributed by atoms with Crippen LogP contribution in [0.2, 0.25) is 0 Å². The first-order valence-corrected chi connectivity index (χ1v) is 34.3. The number of rotatable bonds is 61. The normalized spacial score (nSPS) is 13.0. The van der Waals surface area contributed by atoms with Crippen molar-refractivity contribution in [2.75, 3.05) is 13.2 Å². The van der Waals surface area contributed by atoms with E-state index in [-0.39, 0.29) is 31.1 Å². The summed E-state index contributed by atoms with van der Waals surface area (Å²) in [7, 11) is 0. The topological polar surface area (TPSA) is 78.9 Å². The van der Waals surface area contributed by atoms with Crippen molar-refractivity contribution in [1.29, 1.82) is 0 Å². The van der Waals surface area contributed by atoms with E-state index in [0.717, 1.165) is 148 Å². The number of unbranched alkanes of at least 4 members (excludes halogenated alkanes) is 26. The first-order chi connectivity index (χ1) is 41.0. The summed E-state index contributed by atoms with van der Waals surface area (Å²) in [6, 6.07) is 0. The van der Waals surface area contributed by atoms with Gasteiger partial charge in [0.05, 0.1) is 0 Å². The van der Waals surface area contributed by atoms with Crippen molar-refractivity contribution in [2.24, 2.45) is 0 Å². The Hall–Kier alpha value is -4.71. The standard InChI is InChI=1S/C77H126O6/c1-4-7-10-13-16-19-22-25-28-31-32-33-34-35-36-37-38-39-40-41-42-43-44-47-49-52-55-58-61-64-67-70-76(79)82-73-74(83-77(80)71-68-65-62-59-56-53-50-46-30-27-24-21-18-15-12-9-6-3)72-81-75(78)69-66-63-60-57-54-51-48-45-29-26-23-20-17-14-11-8-5-2/h7,10,16-21,25-30,32-33,35-36,38-39,41-42,44,47,74H,4-6,8-9,11-15,22-24,31,34,37,40,43,45-46,48-73H2,1-3H3/b10-7-,19-16-,20-17-,21-18-,28-25-,29-26-,30-27-,33-32-,36-35-,39-38-,42-41-,47-44-. The molecule has 0 N–H and O–H groups in total. The number of hydrogen-bond acceptors (Lipinski definition) is 6. The second kappa shape index (κ2) is 69.8. The largest absolute Gasteiger partial charge is 0.462 e. The van der Waals surface area contributed by atoms with Crippen molar-refractivity contribution >= 4 is 17.9 Å². The molecule has 0 heterocycles. The Kier molecular flexibility index (Phi) is 65.8. The summed E-state index contributed by atoms with van der Waals surface area (Å²) in [6.07, 6.45) is 99.9. The van der Waals surface area contributed by atoms with Gasteiger partial charge in [-0.2, -0.15) is 0 Å². The number of carbonyl (C=O) groups excluding carboxylic acids is 3. The van der Waals surface area contributed by atoms with E-state index in [0.29, 0.717) is 19.3 Å². The molecule has 0 saturated carbocycles. The Bertz CT molecular complexity index is 1800. The van der Waals surface area contributed by atoms with Gasteiger partial charge in [-0.3, -0.25) is 14.4 Å². The van der Waals surface area contributed by atoms with Gasteiger partial charge in [0.1, 0.15) is 13.2 Å². The molecule has 470 valence electrons. The molecule has 6 nitrogen and oxygen atoms in total. The van der Waals surface area contributed by atoms with Gasteiger partial charge in [-0.05, 0) is 148 Å². The Labute approximate surface area is 512 Å². The molecular formula is C77H126O6. The van der Waals surface area contributed by atoms with E-state index in [2.05, 4.69) is 167 Å². The van der Waals surface area contributed by atoms with Crippen molar-refractivity contribution in [2.45, 2.75) is 309 Å². The molecule has 0 aromatic rings. The number of hydrogen-bond donors (Lipinski definition) is 0. The summed E-state index contributed by atoms with van der Waals surface area (Å²) in [4.78, 5) is 38.4.